The van der Waals surface area contributed by atoms with E-state index >= 15 is 0 Å². The molecule has 1 radical (unpaired) electrons. The molecule has 4 aromatic rings. The molecule has 0 aromatic heterocycles. The molecule has 0 fully saturated rings. The van der Waals surface area contributed by atoms with Crippen LogP contribution >= 0.6 is 0 Å². The summed E-state index contributed by atoms with van der Waals surface area (Å²) in [7, 11) is 0. The Balaban J connectivity index is 0.000000856. The first kappa shape index (κ1) is 61.2. The van der Waals surface area contributed by atoms with Gasteiger partial charge in [0.2, 0.25) is 0 Å². The Morgan fingerprint density at radius 3 is 0.970 bits per heavy atom. The second-order valence-electron chi connectivity index (χ2n) is 19.3. The minimum Gasteiger partial charge on any atom is -0.872 e. The second-order valence-corrected chi connectivity index (χ2v) is 19.3. The van der Waals surface area contributed by atoms with Gasteiger partial charge in [-0.25, -0.2) is 18.4 Å². The quantitative estimate of drug-likeness (QED) is 0.132. The molecule has 4 rings (SSSR count). The molecule has 0 aliphatic carbocycles. The van der Waals surface area contributed by atoms with Crippen LogP contribution < -0.4 is 21.7 Å². The van der Waals surface area contributed by atoms with Crippen LogP contribution in [0.4, 0.5) is 39.5 Å². The van der Waals surface area contributed by atoms with Crippen molar-refractivity contribution in [2.24, 2.45) is 11.5 Å². The number of alkyl halides is 9. The standard InChI is InChI=1S/2C15H22O3.C14H16N2.C4HF9.Co/c2*1-14(2,3)9-7-10(13(17)18)12(16)11(8-9)15(4,5)6;15-13(11-7-3-1-4-8-11)14(16)12-9-5-2-6-10-12;5-1(6)2(7,8)3(9,10)4(11,12)13;/h2*7-8,16H,1-6H3,(H,17,18);1-10,13-14H,15-16H2;1H;/q;;;;+2/p-2. The van der Waals surface area contributed by atoms with Gasteiger partial charge in [0.25, 0.3) is 0 Å². The summed E-state index contributed by atoms with van der Waals surface area (Å²) in [6.07, 6.45) is -11.8. The van der Waals surface area contributed by atoms with Gasteiger partial charge in [-0.2, -0.15) is 30.7 Å². The number of aromatic carboxylic acids is 2. The van der Waals surface area contributed by atoms with E-state index in [-0.39, 0.29) is 73.1 Å². The molecule has 2 atom stereocenters. The van der Waals surface area contributed by atoms with Crippen LogP contribution in [-0.2, 0) is 38.4 Å². The molecule has 0 saturated heterocycles. The van der Waals surface area contributed by atoms with Gasteiger partial charge in [0.15, 0.2) is 0 Å². The summed E-state index contributed by atoms with van der Waals surface area (Å²) in [5.41, 5.74) is 16.0. The van der Waals surface area contributed by atoms with Gasteiger partial charge in [0, 0.05) is 12.1 Å². The smallest absolute Gasteiger partial charge is 0.872 e. The van der Waals surface area contributed by atoms with Gasteiger partial charge >= 0.3 is 53.2 Å². The van der Waals surface area contributed by atoms with Crippen LogP contribution in [0, 0.1) is 0 Å². The van der Waals surface area contributed by atoms with E-state index in [1.165, 1.54) is 12.1 Å². The summed E-state index contributed by atoms with van der Waals surface area (Å²) in [4.78, 5) is 22.4. The van der Waals surface area contributed by atoms with Crippen molar-refractivity contribution >= 4 is 11.9 Å². The molecule has 0 bridgehead atoms. The van der Waals surface area contributed by atoms with Crippen LogP contribution in [0.2, 0.25) is 0 Å². The van der Waals surface area contributed by atoms with Gasteiger partial charge in [0.1, 0.15) is 0 Å². The van der Waals surface area contributed by atoms with Crippen LogP contribution in [0.5, 0.6) is 11.5 Å². The SMILES string of the molecule is CC(C)(C)c1cc(C(=O)O)c([O-])c(C(C)(C)C)c1.CC(C)(C)c1cc(C(=O)O)c([O-])c(C(C)(C)C)c1.FC(F)C(F)(F)C(F)(F)C(F)(F)F.NC(c1ccccc1)C(N)c1ccccc1.[Co+2]. The van der Waals surface area contributed by atoms with Gasteiger partial charge < -0.3 is 31.9 Å². The minimum atomic E-state index is -6.73. The number of benzene rings is 4. The zero-order valence-electron chi connectivity index (χ0n) is 38.7. The van der Waals surface area contributed by atoms with E-state index < -0.39 is 36.4 Å². The Bertz CT molecular complexity index is 2060. The topological polar surface area (TPSA) is 173 Å². The number of carboxylic acids is 2. The third-order valence-electron chi connectivity index (χ3n) is 9.79. The average Bonchev–Trinajstić information content (AvgIpc) is 3.16. The summed E-state index contributed by atoms with van der Waals surface area (Å²) >= 11 is 0. The van der Waals surface area contributed by atoms with Crippen molar-refractivity contribution in [2.75, 3.05) is 0 Å². The Morgan fingerprint density at radius 1 is 0.515 bits per heavy atom. The summed E-state index contributed by atoms with van der Waals surface area (Å²) in [6.45, 7) is 23.5. The van der Waals surface area contributed by atoms with Crippen molar-refractivity contribution in [3.63, 3.8) is 0 Å². The molecule has 0 amide bonds. The fourth-order valence-electron chi connectivity index (χ4n) is 5.65. The van der Waals surface area contributed by atoms with Gasteiger partial charge in [0.05, 0.1) is 11.1 Å². The first-order chi connectivity index (χ1) is 29.1. The molecule has 4 aromatic carbocycles. The Morgan fingerprint density at radius 2 is 0.788 bits per heavy atom. The molecule has 8 nitrogen and oxygen atoms in total. The van der Waals surface area contributed by atoms with E-state index in [9.17, 15) is 59.3 Å². The molecular weight excluding hydrogens is 930 g/mol. The number of hydrogen-bond acceptors (Lipinski definition) is 6. The van der Waals surface area contributed by atoms with Crippen molar-refractivity contribution in [1.82, 2.24) is 0 Å². The maximum absolute atomic E-state index is 12.2. The van der Waals surface area contributed by atoms with Crippen molar-refractivity contribution in [3.8, 4) is 11.5 Å². The van der Waals surface area contributed by atoms with Crippen LogP contribution in [0.1, 0.15) is 149 Å². The largest absolute Gasteiger partial charge is 2.00 e. The zero-order chi connectivity index (χ0) is 51.1. The van der Waals surface area contributed by atoms with Gasteiger partial charge in [-0.3, -0.25) is 0 Å². The first-order valence-corrected chi connectivity index (χ1v) is 20.0. The van der Waals surface area contributed by atoms with E-state index in [4.69, 9.17) is 21.7 Å². The summed E-state index contributed by atoms with van der Waals surface area (Å²) in [5, 5.41) is 42.6. The van der Waals surface area contributed by atoms with Crippen LogP contribution in [0.3, 0.4) is 0 Å². The molecule has 0 aliphatic heterocycles. The fourth-order valence-corrected chi connectivity index (χ4v) is 5.65. The van der Waals surface area contributed by atoms with E-state index in [0.717, 1.165) is 22.3 Å². The molecule has 6 N–H and O–H groups in total. The molecule has 0 aliphatic rings. The number of hydrogen-bond donors (Lipinski definition) is 4. The number of carboxylic acid groups (broad SMARTS) is 2. The molecule has 0 heterocycles. The maximum Gasteiger partial charge on any atom is 2.00 e. The molecule has 18 heteroatoms. The number of nitrogens with two attached hydrogens (primary N) is 2. The monoisotopic (exact) mass is 989 g/mol. The fraction of sp³-hybridized carbons (Fsp3) is 0.458. The van der Waals surface area contributed by atoms with Crippen LogP contribution in [0.25, 0.3) is 0 Å². The average molecular weight is 990 g/mol. The van der Waals surface area contributed by atoms with Crippen molar-refractivity contribution in [3.05, 3.63) is 129 Å². The van der Waals surface area contributed by atoms with Crippen LogP contribution in [-0.4, -0.2) is 46.6 Å². The molecule has 2 unspecified atom stereocenters. The minimum absolute atomic E-state index is 0. The second kappa shape index (κ2) is 22.8. The summed E-state index contributed by atoms with van der Waals surface area (Å²) in [6, 6.07) is 26.3. The molecule has 0 saturated carbocycles. The van der Waals surface area contributed by atoms with Gasteiger partial charge in [-0.05, 0) is 67.2 Å². The predicted molar refractivity (Wildman–Crippen MR) is 229 cm³/mol. The Kier molecular flexibility index (Phi) is 21.2. The van der Waals surface area contributed by atoms with Gasteiger partial charge in [-0.15, -0.1) is 0 Å². The van der Waals surface area contributed by atoms with Crippen LogP contribution in [0.15, 0.2) is 84.9 Å². The number of rotatable bonds is 7. The van der Waals surface area contributed by atoms with E-state index in [0.29, 0.717) is 11.1 Å². The van der Waals surface area contributed by atoms with Gasteiger partial charge in [-0.1, -0.05) is 167 Å². The summed E-state index contributed by atoms with van der Waals surface area (Å²) in [5.74, 6) is -16.2. The van der Waals surface area contributed by atoms with E-state index in [1.807, 2.05) is 156 Å². The molecule has 66 heavy (non-hydrogen) atoms. The molecular formula is C48H59CoF9N2O6. The number of carbonyl (C=O) groups is 2. The summed E-state index contributed by atoms with van der Waals surface area (Å²) < 4.78 is 102. The first-order valence-electron chi connectivity index (χ1n) is 20.0. The normalized spacial score (nSPS) is 13.3. The van der Waals surface area contributed by atoms with Crippen molar-refractivity contribution in [1.29, 1.82) is 0 Å². The third-order valence-corrected chi connectivity index (χ3v) is 9.79. The zero-order valence-corrected chi connectivity index (χ0v) is 39.8. The number of halogens is 9. The Labute approximate surface area is 390 Å². The molecule has 369 valence electrons. The Hall–Kier alpha value is -4.78. The van der Waals surface area contributed by atoms with Crippen molar-refractivity contribution < 1.29 is 86.3 Å². The predicted octanol–water partition coefficient (Wildman–Crippen LogP) is 11.6. The van der Waals surface area contributed by atoms with Crippen molar-refractivity contribution in [2.45, 2.75) is 141 Å². The van der Waals surface area contributed by atoms with E-state index in [2.05, 4.69) is 0 Å². The maximum atomic E-state index is 12.2. The molecule has 0 spiro atoms. The third kappa shape index (κ3) is 16.2. The van der Waals surface area contributed by atoms with E-state index in [1.54, 1.807) is 0 Å².